The van der Waals surface area contributed by atoms with Gasteiger partial charge in [-0.2, -0.15) is 9.97 Å². The van der Waals surface area contributed by atoms with Gasteiger partial charge < -0.3 is 14.4 Å². The summed E-state index contributed by atoms with van der Waals surface area (Å²) >= 11 is 0. The number of likely N-dealkylation sites (tertiary alicyclic amines) is 1. The van der Waals surface area contributed by atoms with Gasteiger partial charge in [-0.15, -0.1) is 6.42 Å². The van der Waals surface area contributed by atoms with E-state index in [0.717, 1.165) is 19.4 Å². The number of pyridine rings is 1. The van der Waals surface area contributed by atoms with Crippen LogP contribution in [0.1, 0.15) is 38.2 Å². The number of carbonyl (C=O) groups is 1. The average molecular weight is 628 g/mol. The zero-order valence-corrected chi connectivity index (χ0v) is 25.3. The van der Waals surface area contributed by atoms with Gasteiger partial charge in [-0.05, 0) is 43.8 Å². The van der Waals surface area contributed by atoms with Gasteiger partial charge in [0.1, 0.15) is 35.9 Å². The van der Waals surface area contributed by atoms with Crippen LogP contribution in [0.5, 0.6) is 11.9 Å². The van der Waals surface area contributed by atoms with Gasteiger partial charge in [0, 0.05) is 43.1 Å². The van der Waals surface area contributed by atoms with Crippen LogP contribution in [0.25, 0.3) is 32.9 Å². The Hall–Kier alpha value is -4.69. The number of alkyl halides is 1. The number of hydrogen-bond acceptors (Lipinski definition) is 7. The van der Waals surface area contributed by atoms with E-state index in [2.05, 4.69) is 32.4 Å². The van der Waals surface area contributed by atoms with Crippen molar-refractivity contribution in [2.24, 2.45) is 0 Å². The molecule has 3 saturated heterocycles. The van der Waals surface area contributed by atoms with E-state index >= 15 is 4.39 Å². The van der Waals surface area contributed by atoms with E-state index in [9.17, 15) is 13.6 Å². The van der Waals surface area contributed by atoms with Crippen LogP contribution in [-0.2, 0) is 4.79 Å². The molecule has 0 spiro atoms. The maximum absolute atomic E-state index is 16.7. The van der Waals surface area contributed by atoms with Gasteiger partial charge in [0.15, 0.2) is 5.82 Å². The zero-order chi connectivity index (χ0) is 32.2. The molecule has 11 heteroatoms. The lowest BCUT2D eigenvalue weighted by Crippen LogP contribution is -2.43. The first-order chi connectivity index (χ1) is 22.2. The molecule has 46 heavy (non-hydrogen) atoms. The van der Waals surface area contributed by atoms with Crippen molar-refractivity contribution in [3.05, 3.63) is 66.4 Å². The molecule has 0 N–H and O–H groups in total. The number of halogens is 3. The van der Waals surface area contributed by atoms with Crippen LogP contribution in [0.4, 0.5) is 13.2 Å². The summed E-state index contributed by atoms with van der Waals surface area (Å²) in [7, 11) is 0. The number of hydrogen-bond donors (Lipinski definition) is 0. The largest absolute Gasteiger partial charge is 0.471 e. The number of carbonyl (C=O) groups excluding carboxylic acids is 1. The number of terminal acetylenes is 1. The molecule has 7 rings (SSSR count). The van der Waals surface area contributed by atoms with Gasteiger partial charge in [-0.3, -0.25) is 14.7 Å². The number of rotatable bonds is 7. The van der Waals surface area contributed by atoms with E-state index in [4.69, 9.17) is 15.9 Å². The Morgan fingerprint density at radius 1 is 1.24 bits per heavy atom. The number of fused-ring (bicyclic) bond motifs is 3. The molecule has 0 bridgehead atoms. The first kappa shape index (κ1) is 30.0. The average Bonchev–Trinajstić information content (AvgIpc) is 3.71. The van der Waals surface area contributed by atoms with Crippen molar-refractivity contribution in [3.8, 4) is 35.5 Å². The van der Waals surface area contributed by atoms with Crippen molar-refractivity contribution in [1.29, 1.82) is 0 Å². The minimum Gasteiger partial charge on any atom is -0.471 e. The number of aromatic nitrogens is 3. The first-order valence-corrected chi connectivity index (χ1v) is 15.4. The lowest BCUT2D eigenvalue weighted by atomic mass is 9.95. The Kier molecular flexibility index (Phi) is 7.56. The van der Waals surface area contributed by atoms with Crippen molar-refractivity contribution in [1.82, 2.24) is 24.8 Å². The molecule has 1 amide bonds. The van der Waals surface area contributed by atoms with Gasteiger partial charge in [0.25, 0.3) is 0 Å². The Balaban J connectivity index is 1.33. The number of nitrogens with zero attached hydrogens (tertiary/aromatic N) is 5. The van der Waals surface area contributed by atoms with Gasteiger partial charge >= 0.3 is 6.01 Å². The molecule has 2 aromatic carbocycles. The molecule has 5 heterocycles. The summed E-state index contributed by atoms with van der Waals surface area (Å²) in [5.74, 6) is 0.834. The number of ether oxygens (including phenoxy) is 2. The van der Waals surface area contributed by atoms with Crippen molar-refractivity contribution in [2.75, 3.05) is 26.2 Å². The van der Waals surface area contributed by atoms with Crippen LogP contribution < -0.4 is 9.47 Å². The molecule has 3 fully saturated rings. The van der Waals surface area contributed by atoms with Gasteiger partial charge in [0.05, 0.1) is 22.5 Å². The minimum atomic E-state index is -0.949. The van der Waals surface area contributed by atoms with Gasteiger partial charge in [-0.25, -0.2) is 13.2 Å². The molecule has 0 unspecified atom stereocenters. The van der Waals surface area contributed by atoms with Crippen molar-refractivity contribution in [3.63, 3.8) is 0 Å². The molecule has 236 valence electrons. The summed E-state index contributed by atoms with van der Waals surface area (Å²) in [4.78, 5) is 29.6. The molecule has 2 aromatic heterocycles. The van der Waals surface area contributed by atoms with Crippen LogP contribution >= 0.6 is 0 Å². The van der Waals surface area contributed by atoms with E-state index in [1.807, 2.05) is 6.92 Å². The molecule has 8 nitrogen and oxygen atoms in total. The van der Waals surface area contributed by atoms with Crippen LogP contribution in [0.15, 0.2) is 49.2 Å². The molecule has 3 aliphatic rings. The predicted molar refractivity (Wildman–Crippen MR) is 167 cm³/mol. The molecular formula is C35H32F3N5O3. The number of amides is 1. The molecular weight excluding hydrogens is 595 g/mol. The Morgan fingerprint density at radius 2 is 2.09 bits per heavy atom. The smallest absolute Gasteiger partial charge is 0.320 e. The highest BCUT2D eigenvalue weighted by Gasteiger charge is 2.49. The lowest BCUT2D eigenvalue weighted by molar-refractivity contribution is -0.127. The highest BCUT2D eigenvalue weighted by atomic mass is 19.1. The number of benzene rings is 2. The normalized spacial score (nSPS) is 24.3. The summed E-state index contributed by atoms with van der Waals surface area (Å²) in [6.07, 6.45) is 9.50. The predicted octanol–water partition coefficient (Wildman–Crippen LogP) is 5.61. The summed E-state index contributed by atoms with van der Waals surface area (Å²) in [5.41, 5.74) is -0.367. The topological polar surface area (TPSA) is 80.7 Å². The fourth-order valence-corrected chi connectivity index (χ4v) is 7.33. The molecule has 0 aliphatic carbocycles. The van der Waals surface area contributed by atoms with Crippen molar-refractivity contribution < 1.29 is 27.4 Å². The molecule has 3 aliphatic heterocycles. The lowest BCUT2D eigenvalue weighted by Gasteiger charge is -2.30. The van der Waals surface area contributed by atoms with Crippen molar-refractivity contribution in [2.45, 2.75) is 56.5 Å². The van der Waals surface area contributed by atoms with Crippen LogP contribution in [-0.4, -0.2) is 80.8 Å². The Labute approximate surface area is 264 Å². The first-order valence-electron chi connectivity index (χ1n) is 15.4. The fraction of sp³-hybridized carbons (Fsp3) is 0.371. The summed E-state index contributed by atoms with van der Waals surface area (Å²) in [5, 5.41) is 1.18. The SMILES string of the molecule is C#Cc1c(F)ccc2cccc(-c3ncc4c(O[C@@H]5CCN(C(=O)C=C)[C@@H]5C)nc(OC[C@@]56CCCN5C[C@H](F)C6)nc4c3F)c12. The molecule has 4 aromatic rings. The maximum Gasteiger partial charge on any atom is 0.320 e. The summed E-state index contributed by atoms with van der Waals surface area (Å²) in [6, 6.07) is 7.53. The van der Waals surface area contributed by atoms with Crippen LogP contribution in [0, 0.1) is 24.0 Å². The monoisotopic (exact) mass is 627 g/mol. The Bertz CT molecular complexity index is 1930. The summed E-state index contributed by atoms with van der Waals surface area (Å²) in [6.45, 7) is 7.17. The highest BCUT2D eigenvalue weighted by molar-refractivity contribution is 6.01. The molecule has 0 radical (unpaired) electrons. The zero-order valence-electron chi connectivity index (χ0n) is 25.3. The fourth-order valence-electron chi connectivity index (χ4n) is 7.33. The molecule has 4 atom stereocenters. The minimum absolute atomic E-state index is 0.00193. The van der Waals surface area contributed by atoms with E-state index in [1.54, 1.807) is 29.2 Å². The van der Waals surface area contributed by atoms with Crippen molar-refractivity contribution >= 4 is 27.6 Å². The third-order valence-corrected chi connectivity index (χ3v) is 9.66. The van der Waals surface area contributed by atoms with E-state index < -0.39 is 29.4 Å². The van der Waals surface area contributed by atoms with Crippen LogP contribution in [0.2, 0.25) is 0 Å². The second kappa shape index (κ2) is 11.6. The second-order valence-electron chi connectivity index (χ2n) is 12.3. The van der Waals surface area contributed by atoms with E-state index in [-0.39, 0.29) is 52.6 Å². The quantitative estimate of drug-likeness (QED) is 0.195. The second-order valence-corrected chi connectivity index (χ2v) is 12.3. The van der Waals surface area contributed by atoms with Gasteiger partial charge in [-0.1, -0.05) is 36.8 Å². The molecule has 0 saturated carbocycles. The van der Waals surface area contributed by atoms with Gasteiger partial charge in [0.2, 0.25) is 11.8 Å². The third kappa shape index (κ3) is 4.92. The highest BCUT2D eigenvalue weighted by Crippen LogP contribution is 2.41. The maximum atomic E-state index is 16.7. The standard InChI is InChI=1S/C35H32F3N5O3/c1-4-23-26(37)11-10-21-8-6-9-24(29(21)23)31-30(38)32-25(17-39-31)33(46-27-12-15-43(20(27)3)28(44)5-2)41-34(40-32)45-19-35-13-7-14-42(35)18-22(36)16-35/h1,5-6,8-11,17,20,22,27H,2,7,12-16,18-19H2,3H3/t20-,22-,27-,35+/m1/s1. The third-order valence-electron chi connectivity index (χ3n) is 9.66. The Morgan fingerprint density at radius 3 is 2.89 bits per heavy atom. The van der Waals surface area contributed by atoms with E-state index in [1.165, 1.54) is 18.3 Å². The summed E-state index contributed by atoms with van der Waals surface area (Å²) < 4.78 is 58.3. The van der Waals surface area contributed by atoms with Crippen LogP contribution in [0.3, 0.4) is 0 Å². The van der Waals surface area contributed by atoms with E-state index in [0.29, 0.717) is 42.3 Å².